The third kappa shape index (κ3) is 2.54. The number of nitrogens with zero attached hydrogens (tertiary/aromatic N) is 2. The lowest BCUT2D eigenvalue weighted by atomic mass is 10.2. The molecule has 1 heterocycles. The van der Waals surface area contributed by atoms with Crippen LogP contribution in [0, 0.1) is 19.7 Å². The Morgan fingerprint density at radius 3 is 2.71 bits per heavy atom. The second-order valence-electron chi connectivity index (χ2n) is 5.23. The van der Waals surface area contributed by atoms with Gasteiger partial charge in [0.05, 0.1) is 16.7 Å². The Kier molecular flexibility index (Phi) is 3.68. The van der Waals surface area contributed by atoms with Crippen molar-refractivity contribution in [1.82, 2.24) is 9.55 Å². The van der Waals surface area contributed by atoms with E-state index in [0.717, 1.165) is 33.7 Å². The first kappa shape index (κ1) is 14.1. The molecule has 0 atom stereocenters. The maximum atomic E-state index is 13.8. The molecule has 0 amide bonds. The average Bonchev–Trinajstić information content (AvgIpc) is 2.78. The van der Waals surface area contributed by atoms with Gasteiger partial charge >= 0.3 is 0 Å². The molecule has 0 radical (unpaired) electrons. The van der Waals surface area contributed by atoms with Gasteiger partial charge in [-0.25, -0.2) is 9.37 Å². The molecule has 4 heteroatoms. The summed E-state index contributed by atoms with van der Waals surface area (Å²) in [5.74, 6) is 1.10. The molecule has 0 aliphatic heterocycles. The molecule has 2 nitrogen and oxygen atoms in total. The van der Waals surface area contributed by atoms with Crippen molar-refractivity contribution in [2.75, 3.05) is 5.88 Å². The highest BCUT2D eigenvalue weighted by atomic mass is 35.5. The van der Waals surface area contributed by atoms with Gasteiger partial charge in [-0.05, 0) is 49.2 Å². The fourth-order valence-corrected chi connectivity index (χ4v) is 2.84. The minimum absolute atomic E-state index is 0.240. The zero-order valence-corrected chi connectivity index (χ0v) is 12.8. The smallest absolute Gasteiger partial charge is 0.125 e. The SMILES string of the molecule is Cc1cc(F)cc(-n2c(CCCl)nc3c(C)cccc32)c1. The van der Waals surface area contributed by atoms with Crippen molar-refractivity contribution < 1.29 is 4.39 Å². The topological polar surface area (TPSA) is 17.8 Å². The molecule has 3 rings (SSSR count). The first-order valence-electron chi connectivity index (χ1n) is 6.90. The van der Waals surface area contributed by atoms with Crippen molar-refractivity contribution in [3.05, 3.63) is 59.2 Å². The van der Waals surface area contributed by atoms with Gasteiger partial charge in [0.1, 0.15) is 11.6 Å². The highest BCUT2D eigenvalue weighted by molar-refractivity contribution is 6.17. The van der Waals surface area contributed by atoms with Crippen LogP contribution in [0.5, 0.6) is 0 Å². The number of halogens is 2. The number of hydrogen-bond donors (Lipinski definition) is 0. The van der Waals surface area contributed by atoms with Crippen LogP contribution in [-0.4, -0.2) is 15.4 Å². The molecule has 1 aromatic heterocycles. The highest BCUT2D eigenvalue weighted by Crippen LogP contribution is 2.25. The summed E-state index contributed by atoms with van der Waals surface area (Å²) in [7, 11) is 0. The number of imidazole rings is 1. The van der Waals surface area contributed by atoms with Crippen molar-refractivity contribution in [3.63, 3.8) is 0 Å². The molecular formula is C17H16ClFN2. The Hall–Kier alpha value is -1.87. The Morgan fingerprint density at radius 1 is 1.19 bits per heavy atom. The summed E-state index contributed by atoms with van der Waals surface area (Å²) in [6, 6.07) is 11.0. The summed E-state index contributed by atoms with van der Waals surface area (Å²) in [6.45, 7) is 3.92. The van der Waals surface area contributed by atoms with E-state index in [0.29, 0.717) is 12.3 Å². The van der Waals surface area contributed by atoms with Gasteiger partial charge in [-0.2, -0.15) is 0 Å². The van der Waals surface area contributed by atoms with Crippen molar-refractivity contribution in [2.24, 2.45) is 0 Å². The summed E-state index contributed by atoms with van der Waals surface area (Å²) in [6.07, 6.45) is 0.644. The van der Waals surface area contributed by atoms with Gasteiger partial charge < -0.3 is 0 Å². The number of fused-ring (bicyclic) bond motifs is 1. The van der Waals surface area contributed by atoms with Crippen molar-refractivity contribution in [1.29, 1.82) is 0 Å². The van der Waals surface area contributed by atoms with Crippen LogP contribution in [-0.2, 0) is 6.42 Å². The van der Waals surface area contributed by atoms with Gasteiger partial charge in [0.25, 0.3) is 0 Å². The maximum Gasteiger partial charge on any atom is 0.125 e. The van der Waals surface area contributed by atoms with E-state index >= 15 is 0 Å². The molecule has 0 saturated carbocycles. The van der Waals surface area contributed by atoms with Crippen LogP contribution in [0.2, 0.25) is 0 Å². The molecule has 0 saturated heterocycles. The quantitative estimate of drug-likeness (QED) is 0.648. The molecule has 0 bridgehead atoms. The van der Waals surface area contributed by atoms with Gasteiger partial charge in [0.2, 0.25) is 0 Å². The average molecular weight is 303 g/mol. The van der Waals surface area contributed by atoms with Crippen molar-refractivity contribution in [3.8, 4) is 5.69 Å². The normalized spacial score (nSPS) is 11.2. The summed E-state index contributed by atoms with van der Waals surface area (Å²) in [5.41, 5.74) is 4.71. The van der Waals surface area contributed by atoms with Gasteiger partial charge in [-0.3, -0.25) is 4.57 Å². The first-order chi connectivity index (χ1) is 10.1. The fourth-order valence-electron chi connectivity index (χ4n) is 2.67. The summed E-state index contributed by atoms with van der Waals surface area (Å²) in [5, 5.41) is 0. The Labute approximate surface area is 128 Å². The number of hydrogen-bond acceptors (Lipinski definition) is 1. The summed E-state index contributed by atoms with van der Waals surface area (Å²) < 4.78 is 15.8. The van der Waals surface area contributed by atoms with E-state index in [1.165, 1.54) is 12.1 Å². The van der Waals surface area contributed by atoms with Crippen LogP contribution in [0.1, 0.15) is 17.0 Å². The maximum absolute atomic E-state index is 13.8. The minimum Gasteiger partial charge on any atom is -0.296 e. The number of alkyl halides is 1. The Bertz CT molecular complexity index is 788. The molecule has 0 fully saturated rings. The molecule has 0 aliphatic carbocycles. The summed E-state index contributed by atoms with van der Waals surface area (Å²) >= 11 is 5.90. The Morgan fingerprint density at radius 2 is 2.00 bits per heavy atom. The molecule has 2 aromatic carbocycles. The lowest BCUT2D eigenvalue weighted by Crippen LogP contribution is -2.03. The number of aromatic nitrogens is 2. The third-order valence-electron chi connectivity index (χ3n) is 3.56. The van der Waals surface area contributed by atoms with E-state index in [1.807, 2.05) is 42.7 Å². The van der Waals surface area contributed by atoms with E-state index in [9.17, 15) is 4.39 Å². The van der Waals surface area contributed by atoms with Crippen molar-refractivity contribution in [2.45, 2.75) is 20.3 Å². The zero-order chi connectivity index (χ0) is 15.0. The van der Waals surface area contributed by atoms with Gasteiger partial charge in [0.15, 0.2) is 0 Å². The molecule has 0 spiro atoms. The van der Waals surface area contributed by atoms with E-state index < -0.39 is 0 Å². The number of benzene rings is 2. The van der Waals surface area contributed by atoms with Crippen LogP contribution in [0.3, 0.4) is 0 Å². The minimum atomic E-state index is -0.240. The van der Waals surface area contributed by atoms with Crippen LogP contribution >= 0.6 is 11.6 Å². The zero-order valence-electron chi connectivity index (χ0n) is 12.0. The largest absolute Gasteiger partial charge is 0.296 e. The molecule has 108 valence electrons. The van der Waals surface area contributed by atoms with E-state index in [4.69, 9.17) is 16.6 Å². The second-order valence-corrected chi connectivity index (χ2v) is 5.61. The predicted octanol–water partition coefficient (Wildman–Crippen LogP) is 4.56. The van der Waals surface area contributed by atoms with E-state index in [2.05, 4.69) is 0 Å². The third-order valence-corrected chi connectivity index (χ3v) is 3.75. The van der Waals surface area contributed by atoms with Gasteiger partial charge in [0, 0.05) is 12.3 Å². The first-order valence-corrected chi connectivity index (χ1v) is 7.44. The number of para-hydroxylation sites is 1. The van der Waals surface area contributed by atoms with Crippen LogP contribution < -0.4 is 0 Å². The number of rotatable bonds is 3. The van der Waals surface area contributed by atoms with Gasteiger partial charge in [-0.15, -0.1) is 11.6 Å². The second kappa shape index (κ2) is 5.49. The predicted molar refractivity (Wildman–Crippen MR) is 84.9 cm³/mol. The molecule has 21 heavy (non-hydrogen) atoms. The van der Waals surface area contributed by atoms with Crippen LogP contribution in [0.15, 0.2) is 36.4 Å². The summed E-state index contributed by atoms with van der Waals surface area (Å²) in [4.78, 5) is 4.69. The van der Waals surface area contributed by atoms with E-state index in [1.54, 1.807) is 0 Å². The lowest BCUT2D eigenvalue weighted by Gasteiger charge is -2.10. The standard InChI is InChI=1S/C17H16ClFN2/c1-11-8-13(19)10-14(9-11)21-15-5-3-4-12(2)17(15)20-16(21)6-7-18/h3-5,8-10H,6-7H2,1-2H3. The monoisotopic (exact) mass is 302 g/mol. The highest BCUT2D eigenvalue weighted by Gasteiger charge is 2.14. The number of aryl methyl sites for hydroxylation is 3. The van der Waals surface area contributed by atoms with Gasteiger partial charge in [-0.1, -0.05) is 12.1 Å². The van der Waals surface area contributed by atoms with Crippen molar-refractivity contribution >= 4 is 22.6 Å². The lowest BCUT2D eigenvalue weighted by molar-refractivity contribution is 0.625. The molecule has 0 aliphatic rings. The van der Waals surface area contributed by atoms with E-state index in [-0.39, 0.29) is 5.82 Å². The van der Waals surface area contributed by atoms with Crippen LogP contribution in [0.25, 0.3) is 16.7 Å². The molecule has 0 N–H and O–H groups in total. The van der Waals surface area contributed by atoms with Crippen LogP contribution in [0.4, 0.5) is 4.39 Å². The fraction of sp³-hybridized carbons (Fsp3) is 0.235. The molecule has 0 unspecified atom stereocenters. The molecule has 3 aromatic rings. The Balaban J connectivity index is 2.33. The molecular weight excluding hydrogens is 287 g/mol.